The van der Waals surface area contributed by atoms with Gasteiger partial charge in [-0.1, -0.05) is 35.5 Å². The molecule has 3 aromatic rings. The monoisotopic (exact) mass is 351 g/mol. The number of rotatable bonds is 7. The van der Waals surface area contributed by atoms with Crippen molar-refractivity contribution in [3.05, 3.63) is 66.0 Å². The maximum absolute atomic E-state index is 12.7. The molecule has 0 atom stereocenters. The molecule has 1 amide bonds. The highest BCUT2D eigenvalue weighted by Crippen LogP contribution is 2.20. The van der Waals surface area contributed by atoms with E-state index in [0.29, 0.717) is 42.6 Å². The molecule has 0 saturated heterocycles. The van der Waals surface area contributed by atoms with Crippen LogP contribution in [-0.4, -0.2) is 41.1 Å². The molecule has 134 valence electrons. The standard InChI is InChI=1S/C20H21N3O3/c1-3-25-17-12-8-7-11-16(17)20(24)23(2)14-13-18-21-19(26-22-18)15-9-5-4-6-10-15/h4-12H,3,13-14H2,1-2H3. The van der Waals surface area contributed by atoms with Crippen LogP contribution in [0.2, 0.25) is 0 Å². The van der Waals surface area contributed by atoms with Crippen LogP contribution in [0.25, 0.3) is 11.5 Å². The molecule has 0 radical (unpaired) electrons. The quantitative estimate of drug-likeness (QED) is 0.652. The van der Waals surface area contributed by atoms with Crippen molar-refractivity contribution in [2.24, 2.45) is 0 Å². The second-order valence-corrected chi connectivity index (χ2v) is 5.79. The summed E-state index contributed by atoms with van der Waals surface area (Å²) in [5, 5.41) is 3.99. The molecule has 0 N–H and O–H groups in total. The van der Waals surface area contributed by atoms with Gasteiger partial charge in [-0.3, -0.25) is 4.79 Å². The van der Waals surface area contributed by atoms with Gasteiger partial charge in [0.25, 0.3) is 11.8 Å². The molecule has 0 unspecified atom stereocenters. The molecule has 26 heavy (non-hydrogen) atoms. The number of aromatic nitrogens is 2. The number of hydrogen-bond donors (Lipinski definition) is 0. The number of carbonyl (C=O) groups excluding carboxylic acids is 1. The fourth-order valence-electron chi connectivity index (χ4n) is 2.55. The first-order valence-electron chi connectivity index (χ1n) is 8.54. The van der Waals surface area contributed by atoms with Crippen LogP contribution >= 0.6 is 0 Å². The zero-order valence-electron chi connectivity index (χ0n) is 14.9. The lowest BCUT2D eigenvalue weighted by Gasteiger charge is -2.18. The normalized spacial score (nSPS) is 10.5. The van der Waals surface area contributed by atoms with Crippen LogP contribution < -0.4 is 4.74 Å². The first kappa shape index (κ1) is 17.7. The first-order valence-corrected chi connectivity index (χ1v) is 8.54. The van der Waals surface area contributed by atoms with E-state index in [1.807, 2.05) is 49.4 Å². The number of nitrogens with zero attached hydrogens (tertiary/aromatic N) is 3. The van der Waals surface area contributed by atoms with Gasteiger partial charge in [-0.25, -0.2) is 0 Å². The first-order chi connectivity index (χ1) is 12.7. The van der Waals surface area contributed by atoms with Crippen LogP contribution in [-0.2, 0) is 6.42 Å². The van der Waals surface area contributed by atoms with Crippen LogP contribution in [0.5, 0.6) is 5.75 Å². The summed E-state index contributed by atoms with van der Waals surface area (Å²) >= 11 is 0. The molecule has 0 aliphatic carbocycles. The average Bonchev–Trinajstić information content (AvgIpc) is 3.16. The Morgan fingerprint density at radius 1 is 1.12 bits per heavy atom. The van der Waals surface area contributed by atoms with E-state index in [9.17, 15) is 4.79 Å². The highest BCUT2D eigenvalue weighted by Gasteiger charge is 2.17. The summed E-state index contributed by atoms with van der Waals surface area (Å²) in [5.41, 5.74) is 1.43. The zero-order valence-corrected chi connectivity index (χ0v) is 14.9. The van der Waals surface area contributed by atoms with Gasteiger partial charge < -0.3 is 14.2 Å². The van der Waals surface area contributed by atoms with Crippen molar-refractivity contribution in [2.45, 2.75) is 13.3 Å². The Bertz CT molecular complexity index is 862. The van der Waals surface area contributed by atoms with E-state index in [1.165, 1.54) is 0 Å². The number of likely N-dealkylation sites (N-methyl/N-ethyl adjacent to an activating group) is 1. The van der Waals surface area contributed by atoms with Crippen molar-refractivity contribution >= 4 is 5.91 Å². The van der Waals surface area contributed by atoms with Gasteiger partial charge in [-0.05, 0) is 31.2 Å². The van der Waals surface area contributed by atoms with Gasteiger partial charge in [0.2, 0.25) is 0 Å². The highest BCUT2D eigenvalue weighted by molar-refractivity contribution is 5.96. The lowest BCUT2D eigenvalue weighted by atomic mass is 10.1. The lowest BCUT2D eigenvalue weighted by Crippen LogP contribution is -2.29. The number of ether oxygens (including phenoxy) is 1. The van der Waals surface area contributed by atoms with E-state index >= 15 is 0 Å². The number of para-hydroxylation sites is 1. The fraction of sp³-hybridized carbons (Fsp3) is 0.250. The van der Waals surface area contributed by atoms with Crippen molar-refractivity contribution < 1.29 is 14.1 Å². The predicted octanol–water partition coefficient (Wildman–Crippen LogP) is 3.45. The summed E-state index contributed by atoms with van der Waals surface area (Å²) in [7, 11) is 1.75. The van der Waals surface area contributed by atoms with Gasteiger partial charge in [0.1, 0.15) is 5.75 Å². The molecule has 0 aliphatic rings. The minimum Gasteiger partial charge on any atom is -0.493 e. The summed E-state index contributed by atoms with van der Waals surface area (Å²) in [5.74, 6) is 1.55. The van der Waals surface area contributed by atoms with E-state index in [4.69, 9.17) is 9.26 Å². The maximum atomic E-state index is 12.7. The average molecular weight is 351 g/mol. The molecular weight excluding hydrogens is 330 g/mol. The van der Waals surface area contributed by atoms with E-state index < -0.39 is 0 Å². The zero-order chi connectivity index (χ0) is 18.4. The number of amides is 1. The predicted molar refractivity (Wildman–Crippen MR) is 98.0 cm³/mol. The Kier molecular flexibility index (Phi) is 5.63. The van der Waals surface area contributed by atoms with Crippen molar-refractivity contribution in [3.8, 4) is 17.2 Å². The maximum Gasteiger partial charge on any atom is 0.257 e. The van der Waals surface area contributed by atoms with Crippen molar-refractivity contribution in [3.63, 3.8) is 0 Å². The van der Waals surface area contributed by atoms with E-state index in [1.54, 1.807) is 24.1 Å². The Balaban J connectivity index is 1.63. The molecule has 3 rings (SSSR count). The number of carbonyl (C=O) groups is 1. The molecule has 0 bridgehead atoms. The lowest BCUT2D eigenvalue weighted by molar-refractivity contribution is 0.0791. The van der Waals surface area contributed by atoms with Crippen LogP contribution in [0.3, 0.4) is 0 Å². The largest absolute Gasteiger partial charge is 0.493 e. The molecule has 0 aliphatic heterocycles. The Morgan fingerprint density at radius 3 is 2.62 bits per heavy atom. The van der Waals surface area contributed by atoms with E-state index in [2.05, 4.69) is 10.1 Å². The summed E-state index contributed by atoms with van der Waals surface area (Å²) in [6.45, 7) is 2.89. The molecule has 1 heterocycles. The number of hydrogen-bond acceptors (Lipinski definition) is 5. The second-order valence-electron chi connectivity index (χ2n) is 5.79. The van der Waals surface area contributed by atoms with Crippen LogP contribution in [0, 0.1) is 0 Å². The molecule has 6 nitrogen and oxygen atoms in total. The third-order valence-corrected chi connectivity index (χ3v) is 3.92. The third-order valence-electron chi connectivity index (χ3n) is 3.92. The van der Waals surface area contributed by atoms with Crippen molar-refractivity contribution in [2.75, 3.05) is 20.2 Å². The van der Waals surface area contributed by atoms with Gasteiger partial charge in [-0.2, -0.15) is 4.98 Å². The van der Waals surface area contributed by atoms with Gasteiger partial charge in [-0.15, -0.1) is 0 Å². The van der Waals surface area contributed by atoms with Crippen LogP contribution in [0.15, 0.2) is 59.1 Å². The van der Waals surface area contributed by atoms with Crippen LogP contribution in [0.4, 0.5) is 0 Å². The summed E-state index contributed by atoms with van der Waals surface area (Å²) in [6.07, 6.45) is 0.509. The third kappa shape index (κ3) is 4.08. The number of benzene rings is 2. The Hall–Kier alpha value is -3.15. The molecule has 0 fully saturated rings. The van der Waals surface area contributed by atoms with Crippen LogP contribution in [0.1, 0.15) is 23.1 Å². The minimum atomic E-state index is -0.0965. The van der Waals surface area contributed by atoms with Gasteiger partial charge in [0, 0.05) is 25.6 Å². The van der Waals surface area contributed by atoms with Crippen molar-refractivity contribution in [1.29, 1.82) is 0 Å². The Labute approximate surface area is 152 Å². The smallest absolute Gasteiger partial charge is 0.257 e. The second kappa shape index (κ2) is 8.29. The topological polar surface area (TPSA) is 68.5 Å². The van der Waals surface area contributed by atoms with Crippen molar-refractivity contribution in [1.82, 2.24) is 15.0 Å². The minimum absolute atomic E-state index is 0.0965. The van der Waals surface area contributed by atoms with Gasteiger partial charge in [0.05, 0.1) is 12.2 Å². The van der Waals surface area contributed by atoms with E-state index in [-0.39, 0.29) is 5.91 Å². The highest BCUT2D eigenvalue weighted by atomic mass is 16.5. The fourth-order valence-corrected chi connectivity index (χ4v) is 2.55. The molecule has 0 saturated carbocycles. The Morgan fingerprint density at radius 2 is 1.85 bits per heavy atom. The van der Waals surface area contributed by atoms with Gasteiger partial charge in [0.15, 0.2) is 5.82 Å². The molecule has 1 aromatic heterocycles. The molecule has 2 aromatic carbocycles. The molecule has 0 spiro atoms. The van der Waals surface area contributed by atoms with Gasteiger partial charge >= 0.3 is 0 Å². The summed E-state index contributed by atoms with van der Waals surface area (Å²) in [6, 6.07) is 16.8. The molecular formula is C20H21N3O3. The summed E-state index contributed by atoms with van der Waals surface area (Å²) < 4.78 is 10.8. The van der Waals surface area contributed by atoms with E-state index in [0.717, 1.165) is 5.56 Å². The summed E-state index contributed by atoms with van der Waals surface area (Å²) in [4.78, 5) is 18.7. The molecule has 6 heteroatoms. The SMILES string of the molecule is CCOc1ccccc1C(=O)N(C)CCc1noc(-c2ccccc2)n1.